The first-order chi connectivity index (χ1) is 13.9. The van der Waals surface area contributed by atoms with Gasteiger partial charge in [-0.05, 0) is 26.2 Å². The minimum atomic E-state index is -4.85. The number of alkyl halides is 3. The van der Waals surface area contributed by atoms with Gasteiger partial charge in [-0.3, -0.25) is 4.79 Å². The molecule has 3 rings (SSSR count). The monoisotopic (exact) mass is 448 g/mol. The van der Waals surface area contributed by atoms with Crippen LogP contribution in [0.1, 0.15) is 62.0 Å². The van der Waals surface area contributed by atoms with Gasteiger partial charge in [-0.25, -0.2) is 18.4 Å². The first kappa shape index (κ1) is 22.8. The molecule has 168 valence electrons. The number of sulfone groups is 1. The maximum absolute atomic E-state index is 13.7. The van der Waals surface area contributed by atoms with Gasteiger partial charge in [-0.2, -0.15) is 13.2 Å². The highest BCUT2D eigenvalue weighted by Crippen LogP contribution is 2.34. The Kier molecular flexibility index (Phi) is 6.31. The van der Waals surface area contributed by atoms with Crippen molar-refractivity contribution in [3.05, 3.63) is 17.5 Å². The molecule has 1 aliphatic heterocycles. The molecule has 7 nitrogen and oxygen atoms in total. The van der Waals surface area contributed by atoms with E-state index >= 15 is 0 Å². The molecule has 0 aromatic carbocycles. The molecule has 2 aliphatic rings. The van der Waals surface area contributed by atoms with E-state index in [9.17, 15) is 26.4 Å². The number of carbonyl (C=O) groups excluding carboxylic acids is 1. The summed E-state index contributed by atoms with van der Waals surface area (Å²) in [6, 6.07) is 0. The number of anilines is 1. The Labute approximate surface area is 174 Å². The van der Waals surface area contributed by atoms with Crippen molar-refractivity contribution in [2.75, 3.05) is 29.9 Å². The molecule has 1 N–H and O–H groups in total. The minimum absolute atomic E-state index is 0.146. The SMILES string of the molecule is CC(C)(CC1CCCC1)Nc1ncc(C(=O)N2CCS(=O)(=O)CC2)c(C(F)(F)F)n1. The Morgan fingerprint density at radius 2 is 1.80 bits per heavy atom. The number of halogens is 3. The van der Waals surface area contributed by atoms with Gasteiger partial charge in [0.05, 0.1) is 17.1 Å². The van der Waals surface area contributed by atoms with E-state index in [1.807, 2.05) is 13.8 Å². The van der Waals surface area contributed by atoms with Crippen LogP contribution in [0.2, 0.25) is 0 Å². The largest absolute Gasteiger partial charge is 0.434 e. The molecular formula is C19H27F3N4O3S. The van der Waals surface area contributed by atoms with Crippen LogP contribution in [0, 0.1) is 5.92 Å². The van der Waals surface area contributed by atoms with Gasteiger partial charge in [0.1, 0.15) is 0 Å². The van der Waals surface area contributed by atoms with Crippen molar-refractivity contribution in [3.8, 4) is 0 Å². The Balaban J connectivity index is 1.81. The Bertz CT molecular complexity index is 883. The van der Waals surface area contributed by atoms with Gasteiger partial charge in [0.2, 0.25) is 5.95 Å². The first-order valence-electron chi connectivity index (χ1n) is 10.1. The quantitative estimate of drug-likeness (QED) is 0.744. The van der Waals surface area contributed by atoms with Crippen molar-refractivity contribution in [1.29, 1.82) is 0 Å². The predicted octanol–water partition coefficient (Wildman–Crippen LogP) is 3.14. The zero-order chi connectivity index (χ0) is 22.2. The van der Waals surface area contributed by atoms with Crippen molar-refractivity contribution in [2.45, 2.75) is 57.7 Å². The predicted molar refractivity (Wildman–Crippen MR) is 106 cm³/mol. The normalized spacial score (nSPS) is 20.4. The third-order valence-electron chi connectivity index (χ3n) is 5.64. The van der Waals surface area contributed by atoms with E-state index in [4.69, 9.17) is 0 Å². The molecule has 1 amide bonds. The zero-order valence-electron chi connectivity index (χ0n) is 17.1. The van der Waals surface area contributed by atoms with Gasteiger partial charge in [-0.15, -0.1) is 0 Å². The van der Waals surface area contributed by atoms with Gasteiger partial charge < -0.3 is 10.2 Å². The average molecular weight is 449 g/mol. The molecule has 0 bridgehead atoms. The molecule has 30 heavy (non-hydrogen) atoms. The van der Waals surface area contributed by atoms with Crippen LogP contribution in [0.15, 0.2) is 6.20 Å². The number of nitrogens with zero attached hydrogens (tertiary/aromatic N) is 3. The van der Waals surface area contributed by atoms with E-state index in [1.165, 1.54) is 12.8 Å². The number of carbonyl (C=O) groups is 1. The van der Waals surface area contributed by atoms with E-state index in [2.05, 4.69) is 15.3 Å². The van der Waals surface area contributed by atoms with Crippen LogP contribution in [0.3, 0.4) is 0 Å². The molecule has 0 radical (unpaired) electrons. The highest BCUT2D eigenvalue weighted by molar-refractivity contribution is 7.91. The summed E-state index contributed by atoms with van der Waals surface area (Å²) < 4.78 is 64.0. The lowest BCUT2D eigenvalue weighted by Crippen LogP contribution is -2.44. The van der Waals surface area contributed by atoms with E-state index < -0.39 is 38.7 Å². The molecule has 1 aromatic rings. The van der Waals surface area contributed by atoms with Crippen LogP contribution in [-0.2, 0) is 16.0 Å². The summed E-state index contributed by atoms with van der Waals surface area (Å²) in [5.41, 5.74) is -2.47. The number of aromatic nitrogens is 2. The summed E-state index contributed by atoms with van der Waals surface area (Å²) in [6.07, 6.45) is 1.39. The Hall–Kier alpha value is -1.91. The summed E-state index contributed by atoms with van der Waals surface area (Å²) >= 11 is 0. The van der Waals surface area contributed by atoms with Gasteiger partial charge in [0, 0.05) is 24.8 Å². The molecule has 0 spiro atoms. The van der Waals surface area contributed by atoms with E-state index in [0.29, 0.717) is 5.92 Å². The summed E-state index contributed by atoms with van der Waals surface area (Å²) in [5, 5.41) is 2.99. The molecule has 2 heterocycles. The minimum Gasteiger partial charge on any atom is -0.349 e. The summed E-state index contributed by atoms with van der Waals surface area (Å²) in [4.78, 5) is 21.3. The molecular weight excluding hydrogens is 421 g/mol. The topological polar surface area (TPSA) is 92.3 Å². The van der Waals surface area contributed by atoms with Crippen LogP contribution in [0.25, 0.3) is 0 Å². The molecule has 11 heteroatoms. The second-order valence-corrected chi connectivity index (χ2v) is 11.1. The van der Waals surface area contributed by atoms with Crippen LogP contribution in [0.4, 0.5) is 19.1 Å². The molecule has 1 saturated heterocycles. The number of hydrogen-bond donors (Lipinski definition) is 1. The highest BCUT2D eigenvalue weighted by Gasteiger charge is 2.40. The third-order valence-corrected chi connectivity index (χ3v) is 7.25. The second-order valence-electron chi connectivity index (χ2n) is 8.76. The van der Waals surface area contributed by atoms with Gasteiger partial charge in [0.25, 0.3) is 5.91 Å². The first-order valence-corrected chi connectivity index (χ1v) is 11.9. The number of hydrogen-bond acceptors (Lipinski definition) is 6. The zero-order valence-corrected chi connectivity index (χ0v) is 17.9. The maximum atomic E-state index is 13.7. The fourth-order valence-electron chi connectivity index (χ4n) is 4.19. The Morgan fingerprint density at radius 1 is 1.20 bits per heavy atom. The molecule has 1 aromatic heterocycles. The van der Waals surface area contributed by atoms with Gasteiger partial charge in [-0.1, -0.05) is 25.7 Å². The molecule has 1 saturated carbocycles. The van der Waals surface area contributed by atoms with E-state index in [1.54, 1.807) is 0 Å². The number of rotatable bonds is 5. The molecule has 0 unspecified atom stereocenters. The summed E-state index contributed by atoms with van der Waals surface area (Å²) in [5.74, 6) is -1.10. The van der Waals surface area contributed by atoms with Crippen molar-refractivity contribution < 1.29 is 26.4 Å². The second kappa shape index (κ2) is 8.32. The van der Waals surface area contributed by atoms with E-state index in [-0.39, 0.29) is 30.5 Å². The fourth-order valence-corrected chi connectivity index (χ4v) is 5.39. The third kappa shape index (κ3) is 5.61. The van der Waals surface area contributed by atoms with Crippen LogP contribution in [0.5, 0.6) is 0 Å². The van der Waals surface area contributed by atoms with Gasteiger partial charge in [0.15, 0.2) is 15.5 Å². The summed E-state index contributed by atoms with van der Waals surface area (Å²) in [7, 11) is -3.26. The standard InChI is InChI=1S/C19H27F3N4O3S/c1-18(2,11-13-5-3-4-6-13)25-17-23-12-14(15(24-17)19(20,21)22)16(27)26-7-9-30(28,29)10-8-26/h12-13H,3-11H2,1-2H3,(H,23,24,25). The Morgan fingerprint density at radius 3 is 2.37 bits per heavy atom. The fraction of sp³-hybridized carbons (Fsp3) is 0.737. The number of amides is 1. The number of nitrogens with one attached hydrogen (secondary N) is 1. The van der Waals surface area contributed by atoms with Crippen molar-refractivity contribution in [1.82, 2.24) is 14.9 Å². The summed E-state index contributed by atoms with van der Waals surface area (Å²) in [6.45, 7) is 3.50. The van der Waals surface area contributed by atoms with Crippen molar-refractivity contribution in [2.24, 2.45) is 5.92 Å². The van der Waals surface area contributed by atoms with Crippen LogP contribution >= 0.6 is 0 Å². The van der Waals surface area contributed by atoms with Crippen LogP contribution < -0.4 is 5.32 Å². The molecule has 1 aliphatic carbocycles. The van der Waals surface area contributed by atoms with Crippen molar-refractivity contribution >= 4 is 21.7 Å². The van der Waals surface area contributed by atoms with E-state index in [0.717, 1.165) is 30.4 Å². The lowest BCUT2D eigenvalue weighted by molar-refractivity contribution is -0.141. The average Bonchev–Trinajstić information content (AvgIpc) is 3.12. The smallest absolute Gasteiger partial charge is 0.349 e. The lowest BCUT2D eigenvalue weighted by Gasteiger charge is -2.30. The molecule has 0 atom stereocenters. The highest BCUT2D eigenvalue weighted by atomic mass is 32.2. The maximum Gasteiger partial charge on any atom is 0.434 e. The van der Waals surface area contributed by atoms with Crippen LogP contribution in [-0.4, -0.2) is 59.3 Å². The van der Waals surface area contributed by atoms with Crippen molar-refractivity contribution in [3.63, 3.8) is 0 Å². The molecule has 2 fully saturated rings. The lowest BCUT2D eigenvalue weighted by atomic mass is 9.89. The van der Waals surface area contributed by atoms with Gasteiger partial charge >= 0.3 is 6.18 Å².